The summed E-state index contributed by atoms with van der Waals surface area (Å²) in [4.78, 5) is 4.94. The first kappa shape index (κ1) is 11.2. The zero-order valence-corrected chi connectivity index (χ0v) is 10.9. The third kappa shape index (κ3) is 3.07. The van der Waals surface area contributed by atoms with E-state index in [2.05, 4.69) is 15.2 Å². The molecule has 78 valence electrons. The summed E-state index contributed by atoms with van der Waals surface area (Å²) in [7, 11) is 0. The molecule has 0 aliphatic carbocycles. The normalized spacial score (nSPS) is 10.5. The molecule has 2 aromatic rings. The van der Waals surface area contributed by atoms with Crippen molar-refractivity contribution < 1.29 is 0 Å². The van der Waals surface area contributed by atoms with E-state index in [4.69, 9.17) is 11.6 Å². The van der Waals surface area contributed by atoms with Crippen LogP contribution in [0.4, 0.5) is 0 Å². The van der Waals surface area contributed by atoms with Crippen LogP contribution in [0.2, 0.25) is 5.15 Å². The molecule has 15 heavy (non-hydrogen) atoms. The van der Waals surface area contributed by atoms with E-state index in [1.165, 1.54) is 0 Å². The van der Waals surface area contributed by atoms with Gasteiger partial charge in [-0.2, -0.15) is 0 Å². The molecule has 0 N–H and O–H groups in total. The summed E-state index contributed by atoms with van der Waals surface area (Å²) in [6.07, 6.45) is 3.67. The SMILES string of the molecule is CSc1nnc(Sc2ccnc(Cl)c2)s1. The lowest BCUT2D eigenvalue weighted by atomic mass is 10.5. The summed E-state index contributed by atoms with van der Waals surface area (Å²) in [6, 6.07) is 3.71. The molecule has 2 rings (SSSR count). The van der Waals surface area contributed by atoms with E-state index in [-0.39, 0.29) is 0 Å². The molecule has 0 aliphatic heterocycles. The number of hydrogen-bond acceptors (Lipinski definition) is 6. The fourth-order valence-electron chi connectivity index (χ4n) is 0.870. The van der Waals surface area contributed by atoms with Crippen molar-refractivity contribution in [2.24, 2.45) is 0 Å². The van der Waals surface area contributed by atoms with Gasteiger partial charge in [-0.15, -0.1) is 10.2 Å². The molecule has 2 aromatic heterocycles. The quantitative estimate of drug-likeness (QED) is 0.634. The fraction of sp³-hybridized carbons (Fsp3) is 0.125. The predicted molar refractivity (Wildman–Crippen MR) is 65.1 cm³/mol. The molecule has 0 amide bonds. The summed E-state index contributed by atoms with van der Waals surface area (Å²) >= 11 is 10.5. The molecular weight excluding hydrogens is 270 g/mol. The molecule has 2 heterocycles. The van der Waals surface area contributed by atoms with Crippen LogP contribution in [-0.4, -0.2) is 21.4 Å². The summed E-state index contributed by atoms with van der Waals surface area (Å²) in [5.74, 6) is 0. The van der Waals surface area contributed by atoms with Crippen molar-refractivity contribution in [3.63, 3.8) is 0 Å². The lowest BCUT2D eigenvalue weighted by molar-refractivity contribution is 0.955. The lowest BCUT2D eigenvalue weighted by Crippen LogP contribution is -1.76. The van der Waals surface area contributed by atoms with Gasteiger partial charge >= 0.3 is 0 Å². The molecule has 7 heteroatoms. The number of pyridine rings is 1. The van der Waals surface area contributed by atoms with Gasteiger partial charge in [-0.05, 0) is 18.4 Å². The predicted octanol–water partition coefficient (Wildman–Crippen LogP) is 3.46. The molecule has 0 fully saturated rings. The van der Waals surface area contributed by atoms with Crippen LogP contribution in [0.15, 0.2) is 31.9 Å². The van der Waals surface area contributed by atoms with E-state index in [0.717, 1.165) is 13.6 Å². The second-order valence-electron chi connectivity index (χ2n) is 2.45. The average molecular weight is 276 g/mol. The lowest BCUT2D eigenvalue weighted by Gasteiger charge is -1.95. The Balaban J connectivity index is 2.14. The molecule has 3 nitrogen and oxygen atoms in total. The van der Waals surface area contributed by atoms with E-state index >= 15 is 0 Å². The van der Waals surface area contributed by atoms with Crippen LogP contribution in [0.25, 0.3) is 0 Å². The molecule has 0 aromatic carbocycles. The summed E-state index contributed by atoms with van der Waals surface area (Å²) < 4.78 is 1.89. The van der Waals surface area contributed by atoms with E-state index in [1.807, 2.05) is 18.4 Å². The zero-order chi connectivity index (χ0) is 10.7. The highest BCUT2D eigenvalue weighted by Crippen LogP contribution is 2.33. The van der Waals surface area contributed by atoms with E-state index < -0.39 is 0 Å². The van der Waals surface area contributed by atoms with Crippen LogP contribution in [0.5, 0.6) is 0 Å². The standard InChI is InChI=1S/C8H6ClN3S3/c1-13-7-11-12-8(15-7)14-5-2-3-10-6(9)4-5/h2-4H,1H3. The van der Waals surface area contributed by atoms with Crippen LogP contribution < -0.4 is 0 Å². The number of rotatable bonds is 3. The summed E-state index contributed by atoms with van der Waals surface area (Å²) in [6.45, 7) is 0. The molecule has 0 unspecified atom stereocenters. The van der Waals surface area contributed by atoms with Crippen molar-refractivity contribution >= 4 is 46.5 Å². The first-order valence-corrected chi connectivity index (χ1v) is 7.18. The highest BCUT2D eigenvalue weighted by Gasteiger charge is 2.05. The van der Waals surface area contributed by atoms with Gasteiger partial charge in [0.2, 0.25) is 0 Å². The number of halogens is 1. The minimum Gasteiger partial charge on any atom is -0.244 e. The summed E-state index contributed by atoms with van der Waals surface area (Å²) in [5, 5.41) is 8.57. The second-order valence-corrected chi connectivity index (χ2v) is 6.19. The molecule has 0 saturated heterocycles. The van der Waals surface area contributed by atoms with Gasteiger partial charge in [-0.3, -0.25) is 0 Å². The Morgan fingerprint density at radius 2 is 2.13 bits per heavy atom. The van der Waals surface area contributed by atoms with Crippen molar-refractivity contribution in [2.45, 2.75) is 13.6 Å². The van der Waals surface area contributed by atoms with Gasteiger partial charge in [0.1, 0.15) is 5.15 Å². The maximum Gasteiger partial charge on any atom is 0.179 e. The largest absolute Gasteiger partial charge is 0.244 e. The van der Waals surface area contributed by atoms with Gasteiger partial charge in [-0.1, -0.05) is 46.5 Å². The summed E-state index contributed by atoms with van der Waals surface area (Å²) in [5.41, 5.74) is 0. The third-order valence-electron chi connectivity index (χ3n) is 1.47. The number of hydrogen-bond donors (Lipinski definition) is 0. The van der Waals surface area contributed by atoms with Crippen molar-refractivity contribution in [1.29, 1.82) is 0 Å². The molecule has 0 aliphatic rings. The van der Waals surface area contributed by atoms with Crippen molar-refractivity contribution in [3.05, 3.63) is 23.5 Å². The van der Waals surface area contributed by atoms with Gasteiger partial charge < -0.3 is 0 Å². The molecule has 0 spiro atoms. The van der Waals surface area contributed by atoms with Gasteiger partial charge in [0, 0.05) is 11.1 Å². The molecule has 0 bridgehead atoms. The van der Waals surface area contributed by atoms with Crippen LogP contribution >= 0.6 is 46.5 Å². The van der Waals surface area contributed by atoms with Gasteiger partial charge in [0.25, 0.3) is 0 Å². The molecule has 0 atom stereocenters. The topological polar surface area (TPSA) is 38.7 Å². The van der Waals surface area contributed by atoms with E-state index in [0.29, 0.717) is 5.15 Å². The molecular formula is C8H6ClN3S3. The molecule has 0 radical (unpaired) electrons. The minimum absolute atomic E-state index is 0.495. The Hall–Kier alpha value is -0.300. The Morgan fingerprint density at radius 1 is 1.33 bits per heavy atom. The first-order chi connectivity index (χ1) is 7.28. The average Bonchev–Trinajstić information content (AvgIpc) is 2.65. The maximum absolute atomic E-state index is 5.78. The highest BCUT2D eigenvalue weighted by molar-refractivity contribution is 8.03. The first-order valence-electron chi connectivity index (χ1n) is 3.95. The van der Waals surface area contributed by atoms with Gasteiger partial charge in [-0.25, -0.2) is 4.98 Å². The van der Waals surface area contributed by atoms with Crippen molar-refractivity contribution in [3.8, 4) is 0 Å². The van der Waals surface area contributed by atoms with E-state index in [9.17, 15) is 0 Å². The Kier molecular flexibility index (Phi) is 3.85. The maximum atomic E-state index is 5.78. The number of aromatic nitrogens is 3. The zero-order valence-electron chi connectivity index (χ0n) is 7.68. The van der Waals surface area contributed by atoms with Crippen LogP contribution in [0.1, 0.15) is 0 Å². The van der Waals surface area contributed by atoms with Crippen molar-refractivity contribution in [2.75, 3.05) is 6.26 Å². The van der Waals surface area contributed by atoms with Crippen molar-refractivity contribution in [1.82, 2.24) is 15.2 Å². The molecule has 0 saturated carbocycles. The highest BCUT2D eigenvalue weighted by atomic mass is 35.5. The van der Waals surface area contributed by atoms with Crippen LogP contribution in [-0.2, 0) is 0 Å². The minimum atomic E-state index is 0.495. The fourth-order valence-corrected chi connectivity index (χ4v) is 3.55. The monoisotopic (exact) mass is 275 g/mol. The third-order valence-corrected chi connectivity index (χ3v) is 4.61. The van der Waals surface area contributed by atoms with Crippen LogP contribution in [0, 0.1) is 0 Å². The second kappa shape index (κ2) is 5.16. The number of nitrogens with zero attached hydrogens (tertiary/aromatic N) is 3. The van der Waals surface area contributed by atoms with Gasteiger partial charge in [0.05, 0.1) is 0 Å². The Labute approximate surface area is 105 Å². The Bertz CT molecular complexity index is 460. The number of thioether (sulfide) groups is 1. The van der Waals surface area contributed by atoms with Crippen LogP contribution in [0.3, 0.4) is 0 Å². The van der Waals surface area contributed by atoms with E-state index in [1.54, 1.807) is 41.1 Å². The van der Waals surface area contributed by atoms with Gasteiger partial charge in [0.15, 0.2) is 8.68 Å². The smallest absolute Gasteiger partial charge is 0.179 e. The Morgan fingerprint density at radius 3 is 2.80 bits per heavy atom.